The molecule has 0 saturated carbocycles. The zero-order chi connectivity index (χ0) is 22.7. The van der Waals surface area contributed by atoms with Crippen LogP contribution in [0.2, 0.25) is 0 Å². The van der Waals surface area contributed by atoms with Gasteiger partial charge >= 0.3 is 0 Å². The van der Waals surface area contributed by atoms with Crippen LogP contribution < -0.4 is 16.0 Å². The van der Waals surface area contributed by atoms with Gasteiger partial charge < -0.3 is 16.0 Å². The molecule has 0 unspecified atom stereocenters. The molecule has 4 rings (SSSR count). The number of hydrogen-bond donors (Lipinski definition) is 3. The van der Waals surface area contributed by atoms with E-state index < -0.39 is 0 Å². The van der Waals surface area contributed by atoms with E-state index in [4.69, 9.17) is 0 Å². The van der Waals surface area contributed by atoms with Crippen LogP contribution in [0.25, 0.3) is 5.57 Å². The Kier molecular flexibility index (Phi) is 7.47. The molecule has 10 heteroatoms. The smallest absolute Gasteiger partial charge is 0.223 e. The van der Waals surface area contributed by atoms with E-state index in [1.54, 1.807) is 24.7 Å². The van der Waals surface area contributed by atoms with Gasteiger partial charge in [0, 0.05) is 57.2 Å². The van der Waals surface area contributed by atoms with Gasteiger partial charge in [-0.25, -0.2) is 9.97 Å². The van der Waals surface area contributed by atoms with E-state index in [2.05, 4.69) is 42.2 Å². The molecule has 0 amide bonds. The average molecular weight is 443 g/mol. The van der Waals surface area contributed by atoms with Crippen molar-refractivity contribution in [1.29, 1.82) is 5.26 Å². The number of aromatic nitrogens is 6. The minimum absolute atomic E-state index is 0.456. The molecule has 0 fully saturated rings. The zero-order valence-electron chi connectivity index (χ0n) is 18.2. The number of aryl methyl sites for hydroxylation is 2. The van der Waals surface area contributed by atoms with E-state index in [-0.39, 0.29) is 0 Å². The highest BCUT2D eigenvalue weighted by molar-refractivity contribution is 5.79. The lowest BCUT2D eigenvalue weighted by Gasteiger charge is -2.18. The van der Waals surface area contributed by atoms with E-state index >= 15 is 0 Å². The number of dihydropyridines is 1. The number of hydrogen-bond acceptors (Lipinski definition) is 8. The summed E-state index contributed by atoms with van der Waals surface area (Å²) in [5, 5.41) is 28.1. The lowest BCUT2D eigenvalue weighted by atomic mass is 10.1. The molecule has 0 bridgehead atoms. The fourth-order valence-corrected chi connectivity index (χ4v) is 3.33. The summed E-state index contributed by atoms with van der Waals surface area (Å²) < 4.78 is 3.79. The van der Waals surface area contributed by atoms with Crippen LogP contribution in [0.3, 0.4) is 0 Å². The van der Waals surface area contributed by atoms with Crippen LogP contribution in [0.1, 0.15) is 18.5 Å². The van der Waals surface area contributed by atoms with Gasteiger partial charge in [-0.3, -0.25) is 9.36 Å². The summed E-state index contributed by atoms with van der Waals surface area (Å²) in [5.74, 6) is 1.33. The molecule has 0 spiro atoms. The summed E-state index contributed by atoms with van der Waals surface area (Å²) in [6, 6.07) is 7.84. The summed E-state index contributed by atoms with van der Waals surface area (Å²) >= 11 is 0. The maximum atomic E-state index is 9.83. The quantitative estimate of drug-likeness (QED) is 0.305. The maximum Gasteiger partial charge on any atom is 0.223 e. The first-order valence-corrected chi connectivity index (χ1v) is 10.9. The first-order valence-electron chi connectivity index (χ1n) is 10.9. The third-order valence-corrected chi connectivity index (χ3v) is 4.93. The molecule has 3 N–H and O–H groups in total. The first-order chi connectivity index (χ1) is 16.3. The number of rotatable bonds is 11. The van der Waals surface area contributed by atoms with Crippen molar-refractivity contribution in [3.8, 4) is 6.07 Å². The molecular formula is C23H26N10. The van der Waals surface area contributed by atoms with Crippen LogP contribution in [0.4, 0.5) is 5.95 Å². The molecule has 10 nitrogen and oxygen atoms in total. The van der Waals surface area contributed by atoms with Crippen LogP contribution >= 0.6 is 0 Å². The Morgan fingerprint density at radius 1 is 1.00 bits per heavy atom. The molecule has 0 aromatic carbocycles. The first kappa shape index (κ1) is 21.8. The predicted molar refractivity (Wildman–Crippen MR) is 125 cm³/mol. The fourth-order valence-electron chi connectivity index (χ4n) is 3.33. The molecule has 33 heavy (non-hydrogen) atoms. The predicted octanol–water partition coefficient (Wildman–Crippen LogP) is 2.29. The Labute approximate surface area is 192 Å². The Morgan fingerprint density at radius 3 is 2.39 bits per heavy atom. The van der Waals surface area contributed by atoms with Gasteiger partial charge in [-0.15, -0.1) is 0 Å². The van der Waals surface area contributed by atoms with E-state index in [0.717, 1.165) is 38.3 Å². The van der Waals surface area contributed by atoms with E-state index in [0.29, 0.717) is 29.5 Å². The van der Waals surface area contributed by atoms with Crippen LogP contribution in [0, 0.1) is 11.3 Å². The third-order valence-electron chi connectivity index (χ3n) is 4.93. The highest BCUT2D eigenvalue weighted by Crippen LogP contribution is 2.19. The monoisotopic (exact) mass is 442 g/mol. The number of anilines is 1. The summed E-state index contributed by atoms with van der Waals surface area (Å²) in [6.07, 6.45) is 16.6. The average Bonchev–Trinajstić information content (AvgIpc) is 3.55. The Hall–Kier alpha value is -4.39. The van der Waals surface area contributed by atoms with Gasteiger partial charge in [-0.2, -0.15) is 15.5 Å². The summed E-state index contributed by atoms with van der Waals surface area (Å²) in [5.41, 5.74) is 1.71. The van der Waals surface area contributed by atoms with Crippen molar-refractivity contribution in [2.75, 3.05) is 18.4 Å². The topological polar surface area (TPSA) is 121 Å². The lowest BCUT2D eigenvalue weighted by molar-refractivity contribution is 0.557. The van der Waals surface area contributed by atoms with Crippen LogP contribution in [-0.2, 0) is 13.1 Å². The van der Waals surface area contributed by atoms with Crippen molar-refractivity contribution in [3.05, 3.63) is 84.6 Å². The van der Waals surface area contributed by atoms with Crippen molar-refractivity contribution in [2.24, 2.45) is 0 Å². The van der Waals surface area contributed by atoms with Gasteiger partial charge in [-0.05, 0) is 43.2 Å². The number of nitrogens with one attached hydrogen (secondary N) is 3. The molecule has 4 heterocycles. The van der Waals surface area contributed by atoms with Crippen LogP contribution in [0.15, 0.2) is 78.9 Å². The van der Waals surface area contributed by atoms with Gasteiger partial charge in [0.05, 0.1) is 11.4 Å². The fraction of sp³-hybridized carbons (Fsp3) is 0.261. The number of nitriles is 1. The normalized spacial score (nSPS) is 14.2. The molecule has 0 atom stereocenters. The minimum atomic E-state index is 0.456. The van der Waals surface area contributed by atoms with Crippen LogP contribution in [0.5, 0.6) is 0 Å². The SMILES string of the molecule is N#C/C(=C1/C=CC=C(NCCCn2cccn2)N1)c1ccnc(NCCCn2cccn2)n1. The van der Waals surface area contributed by atoms with Gasteiger partial charge in [0.1, 0.15) is 17.5 Å². The molecule has 0 saturated heterocycles. The van der Waals surface area contributed by atoms with E-state index in [9.17, 15) is 5.26 Å². The Balaban J connectivity index is 1.32. The van der Waals surface area contributed by atoms with E-state index in [1.165, 1.54) is 0 Å². The van der Waals surface area contributed by atoms with Crippen LogP contribution in [-0.4, -0.2) is 42.6 Å². The second-order valence-corrected chi connectivity index (χ2v) is 7.33. The Morgan fingerprint density at radius 2 is 1.73 bits per heavy atom. The molecule has 0 radical (unpaired) electrons. The zero-order valence-corrected chi connectivity index (χ0v) is 18.2. The Bertz CT molecular complexity index is 1150. The van der Waals surface area contributed by atoms with Crippen molar-refractivity contribution in [2.45, 2.75) is 25.9 Å². The maximum absolute atomic E-state index is 9.83. The van der Waals surface area contributed by atoms with Gasteiger partial charge in [0.25, 0.3) is 0 Å². The molecule has 1 aliphatic heterocycles. The van der Waals surface area contributed by atoms with Crippen molar-refractivity contribution < 1.29 is 0 Å². The molecule has 0 aliphatic carbocycles. The largest absolute Gasteiger partial charge is 0.372 e. The number of allylic oxidation sites excluding steroid dienone is 4. The third kappa shape index (κ3) is 6.30. The van der Waals surface area contributed by atoms with Gasteiger partial charge in [0.15, 0.2) is 0 Å². The highest BCUT2D eigenvalue weighted by atomic mass is 15.3. The van der Waals surface area contributed by atoms with Crippen molar-refractivity contribution in [1.82, 2.24) is 40.2 Å². The molecule has 3 aromatic heterocycles. The summed E-state index contributed by atoms with van der Waals surface area (Å²) in [7, 11) is 0. The molecular weight excluding hydrogens is 416 g/mol. The molecule has 168 valence electrons. The summed E-state index contributed by atoms with van der Waals surface area (Å²) in [4.78, 5) is 8.81. The van der Waals surface area contributed by atoms with E-state index in [1.807, 2.05) is 52.1 Å². The number of nitrogens with zero attached hydrogens (tertiary/aromatic N) is 7. The van der Waals surface area contributed by atoms with Gasteiger partial charge in [0.2, 0.25) is 5.95 Å². The lowest BCUT2D eigenvalue weighted by Crippen LogP contribution is -2.28. The minimum Gasteiger partial charge on any atom is -0.372 e. The highest BCUT2D eigenvalue weighted by Gasteiger charge is 2.13. The second-order valence-electron chi connectivity index (χ2n) is 7.33. The van der Waals surface area contributed by atoms with Crippen molar-refractivity contribution >= 4 is 11.5 Å². The summed E-state index contributed by atoms with van der Waals surface area (Å²) in [6.45, 7) is 3.14. The molecule has 3 aromatic rings. The molecule has 1 aliphatic rings. The van der Waals surface area contributed by atoms with Crippen molar-refractivity contribution in [3.63, 3.8) is 0 Å². The second kappa shape index (κ2) is 11.3. The van der Waals surface area contributed by atoms with Gasteiger partial charge in [-0.1, -0.05) is 6.08 Å². The standard InChI is InChI=1S/C23H26N10/c24-18-19(20-6-1-7-22(30-20)25-9-2-14-32-16-4-11-28-32)21-8-13-27-23(31-21)26-10-3-15-33-17-5-12-29-33/h1,4-8,11-13,16-17,25,30H,2-3,9-10,14-15H2,(H,26,27,31)/b20-19+.